The van der Waals surface area contributed by atoms with Gasteiger partial charge in [-0.15, -0.1) is 0 Å². The molecule has 0 aliphatic heterocycles. The second kappa shape index (κ2) is 7.42. The predicted molar refractivity (Wildman–Crippen MR) is 94.0 cm³/mol. The lowest BCUT2D eigenvalue weighted by Crippen LogP contribution is -2.28. The van der Waals surface area contributed by atoms with E-state index in [1.165, 1.54) is 0 Å². The number of rotatable bonds is 7. The summed E-state index contributed by atoms with van der Waals surface area (Å²) in [7, 11) is 0. The van der Waals surface area contributed by atoms with Gasteiger partial charge in [-0.2, -0.15) is 0 Å². The molecule has 0 saturated carbocycles. The Labute approximate surface area is 141 Å². The van der Waals surface area contributed by atoms with Crippen molar-refractivity contribution in [2.75, 3.05) is 24.7 Å². The average Bonchev–Trinajstić information content (AvgIpc) is 2.52. The highest BCUT2D eigenvalue weighted by atomic mass is 16.5. The Balaban J connectivity index is 1.82. The third-order valence-corrected chi connectivity index (χ3v) is 3.51. The van der Waals surface area contributed by atoms with Gasteiger partial charge >= 0.3 is 0 Å². The third-order valence-electron chi connectivity index (χ3n) is 3.51. The highest BCUT2D eigenvalue weighted by molar-refractivity contribution is 5.60. The number of hydrogen-bond donors (Lipinski definition) is 4. The predicted octanol–water partition coefficient (Wildman–Crippen LogP) is 2.11. The van der Waals surface area contributed by atoms with Crippen LogP contribution in [0.3, 0.4) is 0 Å². The van der Waals surface area contributed by atoms with Gasteiger partial charge in [-0.1, -0.05) is 12.1 Å². The van der Waals surface area contributed by atoms with Crippen molar-refractivity contribution in [3.8, 4) is 11.5 Å². The summed E-state index contributed by atoms with van der Waals surface area (Å²) in [6.07, 6.45) is -0.955. The molecule has 24 heavy (non-hydrogen) atoms. The van der Waals surface area contributed by atoms with Crippen LogP contribution in [0, 0.1) is 0 Å². The largest absolute Gasteiger partial charge is 0.490 e. The molecule has 0 radical (unpaired) electrons. The summed E-state index contributed by atoms with van der Waals surface area (Å²) >= 11 is 0. The van der Waals surface area contributed by atoms with E-state index in [1.807, 2.05) is 0 Å². The number of aliphatic hydroxyl groups excluding tert-OH is 1. The van der Waals surface area contributed by atoms with Crippen molar-refractivity contribution in [2.45, 2.75) is 25.6 Å². The van der Waals surface area contributed by atoms with Crippen molar-refractivity contribution >= 4 is 11.4 Å². The number of anilines is 2. The summed E-state index contributed by atoms with van der Waals surface area (Å²) in [6, 6.07) is 12.0. The lowest BCUT2D eigenvalue weighted by Gasteiger charge is -2.24. The van der Waals surface area contributed by atoms with Crippen molar-refractivity contribution in [2.24, 2.45) is 0 Å². The Morgan fingerprint density at radius 1 is 1.00 bits per heavy atom. The van der Waals surface area contributed by atoms with E-state index in [-0.39, 0.29) is 0 Å². The number of nitrogens with two attached hydrogens (primary N) is 2. The van der Waals surface area contributed by atoms with Gasteiger partial charge in [0.05, 0.1) is 11.3 Å². The lowest BCUT2D eigenvalue weighted by atomic mass is 9.95. The SMILES string of the molecule is CC(C)(O)C(O)c1ccc(OCCOc2ccc(N)cc2N)cc1. The molecule has 0 heterocycles. The van der Waals surface area contributed by atoms with Gasteiger partial charge in [0.1, 0.15) is 30.8 Å². The van der Waals surface area contributed by atoms with Crippen molar-refractivity contribution in [1.82, 2.24) is 0 Å². The monoisotopic (exact) mass is 332 g/mol. The number of hydrogen-bond acceptors (Lipinski definition) is 6. The van der Waals surface area contributed by atoms with Crippen molar-refractivity contribution < 1.29 is 19.7 Å². The Bertz CT molecular complexity index is 666. The van der Waals surface area contributed by atoms with Crippen LogP contribution < -0.4 is 20.9 Å². The molecule has 0 aromatic heterocycles. The maximum absolute atomic E-state index is 10.0. The van der Waals surface area contributed by atoms with E-state index in [9.17, 15) is 10.2 Å². The fourth-order valence-corrected chi connectivity index (χ4v) is 2.16. The molecule has 0 saturated heterocycles. The van der Waals surface area contributed by atoms with E-state index >= 15 is 0 Å². The maximum atomic E-state index is 10.0. The summed E-state index contributed by atoms with van der Waals surface area (Å²) in [4.78, 5) is 0. The number of nitrogen functional groups attached to an aromatic ring is 2. The van der Waals surface area contributed by atoms with Gasteiger partial charge in [0, 0.05) is 5.69 Å². The van der Waals surface area contributed by atoms with Crippen LogP contribution in [0.2, 0.25) is 0 Å². The molecule has 0 bridgehead atoms. The fourth-order valence-electron chi connectivity index (χ4n) is 2.16. The average molecular weight is 332 g/mol. The molecule has 2 aromatic carbocycles. The molecule has 130 valence electrons. The minimum atomic E-state index is -1.20. The van der Waals surface area contributed by atoms with E-state index in [1.54, 1.807) is 56.3 Å². The number of aliphatic hydroxyl groups is 2. The minimum absolute atomic E-state index is 0.335. The Kier molecular flexibility index (Phi) is 5.54. The van der Waals surface area contributed by atoms with Crippen molar-refractivity contribution in [3.63, 3.8) is 0 Å². The molecule has 6 heteroatoms. The van der Waals surface area contributed by atoms with Crippen LogP contribution in [0.15, 0.2) is 42.5 Å². The summed E-state index contributed by atoms with van der Waals surface area (Å²) < 4.78 is 11.1. The topological polar surface area (TPSA) is 111 Å². The molecule has 2 aromatic rings. The van der Waals surface area contributed by atoms with Crippen LogP contribution in [-0.2, 0) is 0 Å². The molecule has 0 amide bonds. The zero-order chi connectivity index (χ0) is 17.7. The molecular weight excluding hydrogens is 308 g/mol. The van der Waals surface area contributed by atoms with Gasteiger partial charge in [0.2, 0.25) is 0 Å². The first-order chi connectivity index (χ1) is 11.3. The molecule has 6 N–H and O–H groups in total. The van der Waals surface area contributed by atoms with Gasteiger partial charge < -0.3 is 31.2 Å². The molecule has 0 fully saturated rings. The Hall–Kier alpha value is -2.44. The number of benzene rings is 2. The van der Waals surface area contributed by atoms with Crippen LogP contribution in [0.4, 0.5) is 11.4 Å². The van der Waals surface area contributed by atoms with Gasteiger partial charge in [0.25, 0.3) is 0 Å². The Morgan fingerprint density at radius 2 is 1.62 bits per heavy atom. The molecule has 0 aliphatic rings. The first-order valence-corrected chi connectivity index (χ1v) is 7.68. The normalized spacial score (nSPS) is 12.7. The lowest BCUT2D eigenvalue weighted by molar-refractivity contribution is -0.0497. The second-order valence-corrected chi connectivity index (χ2v) is 6.12. The minimum Gasteiger partial charge on any atom is -0.490 e. The van der Waals surface area contributed by atoms with Gasteiger partial charge in [-0.25, -0.2) is 0 Å². The van der Waals surface area contributed by atoms with Crippen LogP contribution in [0.5, 0.6) is 11.5 Å². The molecule has 1 unspecified atom stereocenters. The quantitative estimate of drug-likeness (QED) is 0.456. The van der Waals surface area contributed by atoms with E-state index in [0.29, 0.717) is 41.7 Å². The van der Waals surface area contributed by atoms with Crippen LogP contribution in [0.25, 0.3) is 0 Å². The molecule has 6 nitrogen and oxygen atoms in total. The highest BCUT2D eigenvalue weighted by Crippen LogP contribution is 2.27. The van der Waals surface area contributed by atoms with Gasteiger partial charge in [-0.05, 0) is 49.7 Å². The molecule has 1 atom stereocenters. The highest BCUT2D eigenvalue weighted by Gasteiger charge is 2.25. The molecule has 0 aliphatic carbocycles. The van der Waals surface area contributed by atoms with Crippen LogP contribution >= 0.6 is 0 Å². The summed E-state index contributed by atoms with van der Waals surface area (Å²) in [5.74, 6) is 1.21. The van der Waals surface area contributed by atoms with Crippen LogP contribution in [0.1, 0.15) is 25.5 Å². The summed E-state index contributed by atoms with van der Waals surface area (Å²) in [5.41, 5.74) is 11.9. The maximum Gasteiger partial charge on any atom is 0.142 e. The van der Waals surface area contributed by atoms with E-state index < -0.39 is 11.7 Å². The number of ether oxygens (including phenoxy) is 2. The summed E-state index contributed by atoms with van der Waals surface area (Å²) in [6.45, 7) is 3.80. The van der Waals surface area contributed by atoms with E-state index in [4.69, 9.17) is 20.9 Å². The summed E-state index contributed by atoms with van der Waals surface area (Å²) in [5, 5.41) is 19.8. The van der Waals surface area contributed by atoms with Crippen molar-refractivity contribution in [3.05, 3.63) is 48.0 Å². The van der Waals surface area contributed by atoms with Gasteiger partial charge in [0.15, 0.2) is 0 Å². The smallest absolute Gasteiger partial charge is 0.142 e. The first-order valence-electron chi connectivity index (χ1n) is 7.68. The van der Waals surface area contributed by atoms with E-state index in [2.05, 4.69) is 0 Å². The second-order valence-electron chi connectivity index (χ2n) is 6.12. The molecule has 2 rings (SSSR count). The van der Waals surface area contributed by atoms with Gasteiger partial charge in [-0.3, -0.25) is 0 Å². The molecular formula is C18H24N2O4. The van der Waals surface area contributed by atoms with Crippen molar-refractivity contribution in [1.29, 1.82) is 0 Å². The first kappa shape index (κ1) is 17.9. The zero-order valence-electron chi connectivity index (χ0n) is 13.9. The Morgan fingerprint density at radius 3 is 2.21 bits per heavy atom. The molecule has 0 spiro atoms. The standard InChI is InChI=1S/C18H24N2O4/c1-18(2,22)17(21)12-3-6-14(7-4-12)23-9-10-24-16-8-5-13(19)11-15(16)20/h3-8,11,17,21-22H,9-10,19-20H2,1-2H3. The third kappa shape index (κ3) is 4.78. The fraction of sp³-hybridized carbons (Fsp3) is 0.333. The zero-order valence-corrected chi connectivity index (χ0v) is 13.9. The van der Waals surface area contributed by atoms with Crippen LogP contribution in [-0.4, -0.2) is 29.0 Å². The van der Waals surface area contributed by atoms with E-state index in [0.717, 1.165) is 0 Å².